The van der Waals surface area contributed by atoms with E-state index in [9.17, 15) is 5.11 Å². The Balaban J connectivity index is 1.94. The van der Waals surface area contributed by atoms with Gasteiger partial charge in [0.25, 0.3) is 0 Å². The van der Waals surface area contributed by atoms with Gasteiger partial charge in [0.15, 0.2) is 0 Å². The molecule has 3 aromatic rings. The first-order chi connectivity index (χ1) is 10.2. The van der Waals surface area contributed by atoms with Crippen molar-refractivity contribution in [2.24, 2.45) is 7.05 Å². The van der Waals surface area contributed by atoms with Gasteiger partial charge in [0.1, 0.15) is 6.10 Å². The van der Waals surface area contributed by atoms with Crippen molar-refractivity contribution >= 4 is 10.9 Å². The summed E-state index contributed by atoms with van der Waals surface area (Å²) in [6.45, 7) is 0.832. The van der Waals surface area contributed by atoms with Gasteiger partial charge in [-0.2, -0.15) is 5.10 Å². The summed E-state index contributed by atoms with van der Waals surface area (Å²) in [7, 11) is 1.92. The molecule has 1 unspecified atom stereocenters. The summed E-state index contributed by atoms with van der Waals surface area (Å²) >= 11 is 0. The molecular weight excluding hydrogens is 266 g/mol. The summed E-state index contributed by atoms with van der Waals surface area (Å²) in [6, 6.07) is 6.17. The zero-order valence-corrected chi connectivity index (χ0v) is 11.7. The first-order valence-corrected chi connectivity index (χ1v) is 6.89. The number of ether oxygens (including phenoxy) is 1. The van der Waals surface area contributed by atoms with Crippen LogP contribution in [0, 0.1) is 0 Å². The highest BCUT2D eigenvalue weighted by Crippen LogP contribution is 2.34. The molecule has 1 atom stereocenters. The molecule has 1 aromatic carbocycles. The Labute approximate surface area is 121 Å². The van der Waals surface area contributed by atoms with E-state index in [2.05, 4.69) is 16.1 Å². The Morgan fingerprint density at radius 2 is 2.19 bits per heavy atom. The number of fused-ring (bicyclic) bond motifs is 2. The van der Waals surface area contributed by atoms with Gasteiger partial charge in [-0.05, 0) is 17.2 Å². The molecule has 0 radical (unpaired) electrons. The number of hydrogen-bond acceptors (Lipinski definition) is 4. The molecule has 2 aromatic heterocycles. The summed E-state index contributed by atoms with van der Waals surface area (Å²) in [6.07, 6.45) is 4.82. The molecule has 1 N–H and O–H groups in total. The van der Waals surface area contributed by atoms with Gasteiger partial charge in [-0.25, -0.2) is 0 Å². The Bertz CT molecular complexity index is 826. The monoisotopic (exact) mass is 281 g/mol. The average Bonchev–Trinajstić information content (AvgIpc) is 2.88. The molecule has 106 valence electrons. The number of aromatic nitrogens is 3. The summed E-state index contributed by atoms with van der Waals surface area (Å²) < 4.78 is 7.22. The first kappa shape index (κ1) is 12.5. The van der Waals surface area contributed by atoms with E-state index in [0.29, 0.717) is 13.2 Å². The van der Waals surface area contributed by atoms with Crippen molar-refractivity contribution in [2.45, 2.75) is 12.7 Å². The predicted octanol–water partition coefficient (Wildman–Crippen LogP) is 2.20. The Kier molecular flexibility index (Phi) is 2.77. The largest absolute Gasteiger partial charge is 0.386 e. The fourth-order valence-electron chi connectivity index (χ4n) is 2.93. The number of rotatable bonds is 1. The average molecular weight is 281 g/mol. The first-order valence-electron chi connectivity index (χ1n) is 6.89. The van der Waals surface area contributed by atoms with Crippen LogP contribution in [0.3, 0.4) is 0 Å². The molecule has 5 nitrogen and oxygen atoms in total. The van der Waals surface area contributed by atoms with Gasteiger partial charge < -0.3 is 9.84 Å². The maximum Gasteiger partial charge on any atom is 0.103 e. The lowest BCUT2D eigenvalue weighted by Gasteiger charge is -2.24. The smallest absolute Gasteiger partial charge is 0.103 e. The highest BCUT2D eigenvalue weighted by atomic mass is 16.5. The van der Waals surface area contributed by atoms with Crippen LogP contribution in [0.25, 0.3) is 22.0 Å². The third kappa shape index (κ3) is 1.93. The molecule has 0 fully saturated rings. The minimum Gasteiger partial charge on any atom is -0.386 e. The number of nitrogens with zero attached hydrogens (tertiary/aromatic N) is 3. The van der Waals surface area contributed by atoms with Crippen LogP contribution in [0.1, 0.15) is 17.2 Å². The van der Waals surface area contributed by atoms with E-state index in [1.54, 1.807) is 6.20 Å². The van der Waals surface area contributed by atoms with Gasteiger partial charge in [0.2, 0.25) is 0 Å². The molecule has 0 bridgehead atoms. The second-order valence-corrected chi connectivity index (χ2v) is 5.33. The Morgan fingerprint density at radius 1 is 1.29 bits per heavy atom. The molecule has 1 aliphatic rings. The van der Waals surface area contributed by atoms with Gasteiger partial charge >= 0.3 is 0 Å². The lowest BCUT2D eigenvalue weighted by molar-refractivity contribution is 0.00995. The van der Waals surface area contributed by atoms with E-state index in [0.717, 1.165) is 33.2 Å². The maximum atomic E-state index is 10.3. The van der Waals surface area contributed by atoms with E-state index in [4.69, 9.17) is 4.74 Å². The van der Waals surface area contributed by atoms with Crippen LogP contribution in [0.2, 0.25) is 0 Å². The van der Waals surface area contributed by atoms with Crippen molar-refractivity contribution in [1.29, 1.82) is 0 Å². The van der Waals surface area contributed by atoms with E-state index in [1.807, 2.05) is 36.3 Å². The van der Waals surface area contributed by atoms with Crippen molar-refractivity contribution in [1.82, 2.24) is 14.8 Å². The van der Waals surface area contributed by atoms with Gasteiger partial charge in [-0.3, -0.25) is 9.67 Å². The van der Waals surface area contributed by atoms with Crippen LogP contribution >= 0.6 is 0 Å². The second-order valence-electron chi connectivity index (χ2n) is 5.33. The van der Waals surface area contributed by atoms with Crippen molar-refractivity contribution in [3.05, 3.63) is 47.9 Å². The topological polar surface area (TPSA) is 60.2 Å². The predicted molar refractivity (Wildman–Crippen MR) is 78.6 cm³/mol. The zero-order valence-electron chi connectivity index (χ0n) is 11.7. The quantitative estimate of drug-likeness (QED) is 0.743. The number of aliphatic hydroxyl groups is 1. The van der Waals surface area contributed by atoms with Gasteiger partial charge in [0.05, 0.1) is 24.9 Å². The molecule has 4 rings (SSSR count). The summed E-state index contributed by atoms with van der Waals surface area (Å²) in [5.41, 5.74) is 4.95. The molecule has 0 spiro atoms. The molecule has 0 saturated carbocycles. The third-order valence-electron chi connectivity index (χ3n) is 4.00. The van der Waals surface area contributed by atoms with Crippen molar-refractivity contribution in [3.63, 3.8) is 0 Å². The van der Waals surface area contributed by atoms with Crippen LogP contribution in [0.5, 0.6) is 0 Å². The number of hydrogen-bond donors (Lipinski definition) is 1. The lowest BCUT2D eigenvalue weighted by atomic mass is 9.93. The van der Waals surface area contributed by atoms with Crippen LogP contribution in [0.15, 0.2) is 36.8 Å². The van der Waals surface area contributed by atoms with Crippen LogP contribution in [-0.2, 0) is 18.4 Å². The molecule has 0 aliphatic carbocycles. The summed E-state index contributed by atoms with van der Waals surface area (Å²) in [4.78, 5) is 4.29. The second kappa shape index (κ2) is 4.65. The highest BCUT2D eigenvalue weighted by molar-refractivity contribution is 5.85. The fourth-order valence-corrected chi connectivity index (χ4v) is 2.93. The number of benzene rings is 1. The molecule has 3 heterocycles. The molecule has 0 amide bonds. The van der Waals surface area contributed by atoms with E-state index >= 15 is 0 Å². The van der Waals surface area contributed by atoms with Gasteiger partial charge in [-0.15, -0.1) is 0 Å². The number of aliphatic hydroxyl groups excluding tert-OH is 1. The highest BCUT2D eigenvalue weighted by Gasteiger charge is 2.23. The standard InChI is InChI=1S/C16H15N3O2/c1-19-14-4-10(2-3-11(14)6-18-19)13-7-17-5-12-8-21-9-15(20)16(12)13/h2-7,15,20H,8-9H2,1H3. The van der Waals surface area contributed by atoms with E-state index in [-0.39, 0.29) is 0 Å². The SMILES string of the molecule is Cn1ncc2ccc(-c3cncc4c3C(O)COC4)cc21. The normalized spacial score (nSPS) is 17.9. The van der Waals surface area contributed by atoms with Gasteiger partial charge in [-0.1, -0.05) is 12.1 Å². The molecule has 5 heteroatoms. The third-order valence-corrected chi connectivity index (χ3v) is 4.00. The van der Waals surface area contributed by atoms with Crippen molar-refractivity contribution in [3.8, 4) is 11.1 Å². The molecule has 0 saturated heterocycles. The van der Waals surface area contributed by atoms with Crippen LogP contribution in [0.4, 0.5) is 0 Å². The number of aryl methyl sites for hydroxylation is 1. The molecule has 1 aliphatic heterocycles. The van der Waals surface area contributed by atoms with Crippen molar-refractivity contribution in [2.75, 3.05) is 6.61 Å². The fraction of sp³-hybridized carbons (Fsp3) is 0.250. The van der Waals surface area contributed by atoms with Crippen LogP contribution < -0.4 is 0 Å². The van der Waals surface area contributed by atoms with Crippen molar-refractivity contribution < 1.29 is 9.84 Å². The van der Waals surface area contributed by atoms with Crippen LogP contribution in [-0.4, -0.2) is 26.5 Å². The van der Waals surface area contributed by atoms with E-state index in [1.165, 1.54) is 0 Å². The maximum absolute atomic E-state index is 10.3. The Morgan fingerprint density at radius 3 is 3.10 bits per heavy atom. The zero-order chi connectivity index (χ0) is 14.4. The minimum absolute atomic E-state index is 0.331. The minimum atomic E-state index is -0.603. The lowest BCUT2D eigenvalue weighted by Crippen LogP contribution is -2.17. The van der Waals surface area contributed by atoms with Gasteiger partial charge in [0, 0.05) is 36.0 Å². The number of pyridine rings is 1. The molecule has 21 heavy (non-hydrogen) atoms. The molecular formula is C16H15N3O2. The summed E-state index contributed by atoms with van der Waals surface area (Å²) in [5.74, 6) is 0. The summed E-state index contributed by atoms with van der Waals surface area (Å²) in [5, 5.41) is 15.6. The Hall–Kier alpha value is -2.24. The van der Waals surface area contributed by atoms with E-state index < -0.39 is 6.10 Å².